The maximum absolute atomic E-state index is 13.3. The molecular formula is C24H25ClF6N4O2. The van der Waals surface area contributed by atoms with Crippen molar-refractivity contribution in [1.29, 1.82) is 0 Å². The summed E-state index contributed by atoms with van der Waals surface area (Å²) in [6.07, 6.45) is -9.40. The summed E-state index contributed by atoms with van der Waals surface area (Å²) in [4.78, 5) is 18.1. The summed E-state index contributed by atoms with van der Waals surface area (Å²) in [6.45, 7) is 3.22. The highest BCUT2D eigenvalue weighted by Crippen LogP contribution is 2.32. The summed E-state index contributed by atoms with van der Waals surface area (Å²) in [6, 6.07) is 4.34. The number of carbonyl (C=O) groups excluding carboxylic acids is 1. The first kappa shape index (κ1) is 28.4. The second-order valence-electron chi connectivity index (χ2n) is 8.38. The number of nitrogens with zero attached hydrogens (tertiary/aromatic N) is 3. The molecule has 2 aromatic heterocycles. The van der Waals surface area contributed by atoms with Gasteiger partial charge < -0.3 is 19.4 Å². The number of aromatic nitrogens is 2. The molecule has 1 aromatic carbocycles. The van der Waals surface area contributed by atoms with Crippen molar-refractivity contribution in [3.63, 3.8) is 0 Å². The first-order chi connectivity index (χ1) is 17.2. The standard InChI is InChI=1S/C24H25ClF6N4O2/c1-4-35(22(36)32-19(24(29,30)31)8-9-23(26,27)28)14(2)15-6-5-7-16(10-15)17-11-18(37-3)21-33-20(25)13-34(21)12-17/h5-7,10-14,19H,4,8-9H2,1-3H3,(H,32,36)/t14-,19+/m1/s1. The minimum atomic E-state index is -5.03. The van der Waals surface area contributed by atoms with Gasteiger partial charge in [0.15, 0.2) is 11.4 Å². The van der Waals surface area contributed by atoms with E-state index >= 15 is 0 Å². The third-order valence-electron chi connectivity index (χ3n) is 5.89. The highest BCUT2D eigenvalue weighted by Gasteiger charge is 2.43. The van der Waals surface area contributed by atoms with Crippen LogP contribution in [0.4, 0.5) is 31.1 Å². The van der Waals surface area contributed by atoms with Crippen LogP contribution in [0, 0.1) is 0 Å². The number of imidazole rings is 1. The van der Waals surface area contributed by atoms with Gasteiger partial charge in [-0.2, -0.15) is 26.3 Å². The molecule has 202 valence electrons. The predicted molar refractivity (Wildman–Crippen MR) is 127 cm³/mol. The zero-order chi connectivity index (χ0) is 27.5. The first-order valence-corrected chi connectivity index (χ1v) is 11.6. The summed E-state index contributed by atoms with van der Waals surface area (Å²) < 4.78 is 84.7. The number of alkyl halides is 6. The molecule has 0 aliphatic carbocycles. The largest absolute Gasteiger partial charge is 0.493 e. The fraction of sp³-hybridized carbons (Fsp3) is 0.417. The highest BCUT2D eigenvalue weighted by molar-refractivity contribution is 6.29. The number of fused-ring (bicyclic) bond motifs is 1. The Bertz CT molecular complexity index is 1240. The molecule has 37 heavy (non-hydrogen) atoms. The maximum atomic E-state index is 13.3. The number of rotatable bonds is 8. The molecule has 0 fully saturated rings. The Hall–Kier alpha value is -3.15. The van der Waals surface area contributed by atoms with Gasteiger partial charge in [0, 0.05) is 30.9 Å². The minimum absolute atomic E-state index is 0.0222. The van der Waals surface area contributed by atoms with Gasteiger partial charge in [-0.3, -0.25) is 0 Å². The van der Waals surface area contributed by atoms with E-state index < -0.39 is 43.3 Å². The number of amides is 2. The number of nitrogens with one attached hydrogen (secondary N) is 1. The van der Waals surface area contributed by atoms with Gasteiger partial charge >= 0.3 is 18.4 Å². The second kappa shape index (κ2) is 11.1. The van der Waals surface area contributed by atoms with Crippen LogP contribution >= 0.6 is 11.6 Å². The van der Waals surface area contributed by atoms with Crippen LogP contribution in [0.5, 0.6) is 5.75 Å². The van der Waals surface area contributed by atoms with E-state index in [2.05, 4.69) is 4.98 Å². The number of hydrogen-bond acceptors (Lipinski definition) is 3. The van der Waals surface area contributed by atoms with Crippen LogP contribution < -0.4 is 10.1 Å². The Labute approximate surface area is 214 Å². The smallest absolute Gasteiger partial charge is 0.408 e. The molecule has 13 heteroatoms. The lowest BCUT2D eigenvalue weighted by atomic mass is 10.00. The van der Waals surface area contributed by atoms with E-state index in [0.717, 1.165) is 16.0 Å². The second-order valence-corrected chi connectivity index (χ2v) is 8.76. The third-order valence-corrected chi connectivity index (χ3v) is 6.07. The molecule has 0 aliphatic rings. The molecule has 6 nitrogen and oxygen atoms in total. The number of pyridine rings is 1. The Balaban J connectivity index is 1.85. The number of carbonyl (C=O) groups is 1. The predicted octanol–water partition coefficient (Wildman–Crippen LogP) is 7.03. The van der Waals surface area contributed by atoms with E-state index in [4.69, 9.17) is 16.3 Å². The topological polar surface area (TPSA) is 58.9 Å². The van der Waals surface area contributed by atoms with Crippen molar-refractivity contribution in [2.75, 3.05) is 13.7 Å². The number of ether oxygens (including phenoxy) is 1. The zero-order valence-electron chi connectivity index (χ0n) is 20.1. The van der Waals surface area contributed by atoms with Gasteiger partial charge in [0.25, 0.3) is 0 Å². The molecule has 0 saturated carbocycles. The molecule has 3 aromatic rings. The molecule has 0 bridgehead atoms. The molecule has 0 aliphatic heterocycles. The van der Waals surface area contributed by atoms with Crippen molar-refractivity contribution in [3.05, 3.63) is 53.4 Å². The van der Waals surface area contributed by atoms with Crippen LogP contribution in [0.15, 0.2) is 42.7 Å². The van der Waals surface area contributed by atoms with E-state index in [-0.39, 0.29) is 11.7 Å². The lowest BCUT2D eigenvalue weighted by molar-refractivity contribution is -0.171. The van der Waals surface area contributed by atoms with Crippen LogP contribution in [0.3, 0.4) is 0 Å². The Morgan fingerprint density at radius 3 is 2.46 bits per heavy atom. The molecule has 2 atom stereocenters. The lowest BCUT2D eigenvalue weighted by Gasteiger charge is -2.31. The number of benzene rings is 1. The Morgan fingerprint density at radius 2 is 1.86 bits per heavy atom. The molecular weight excluding hydrogens is 526 g/mol. The van der Waals surface area contributed by atoms with Crippen LogP contribution in [0.1, 0.15) is 38.3 Å². The molecule has 0 radical (unpaired) electrons. The molecule has 0 spiro atoms. The Morgan fingerprint density at radius 1 is 1.16 bits per heavy atom. The SMILES string of the molecule is CCN(C(=O)N[C@@H](CCC(F)(F)F)C(F)(F)F)[C@H](C)c1cccc(-c2cc(OC)c3nc(Cl)cn3c2)c1. The fourth-order valence-corrected chi connectivity index (χ4v) is 4.14. The average molecular weight is 551 g/mol. The van der Waals surface area contributed by atoms with E-state index in [9.17, 15) is 31.1 Å². The van der Waals surface area contributed by atoms with E-state index in [1.165, 1.54) is 7.11 Å². The van der Waals surface area contributed by atoms with Crippen molar-refractivity contribution in [3.8, 4) is 16.9 Å². The van der Waals surface area contributed by atoms with Crippen LogP contribution in [0.25, 0.3) is 16.8 Å². The fourth-order valence-electron chi connectivity index (χ4n) is 3.95. The molecule has 0 saturated heterocycles. The summed E-state index contributed by atoms with van der Waals surface area (Å²) in [5, 5.41) is 2.01. The van der Waals surface area contributed by atoms with Crippen LogP contribution in [0.2, 0.25) is 5.15 Å². The van der Waals surface area contributed by atoms with Crippen molar-refractivity contribution in [1.82, 2.24) is 19.6 Å². The molecule has 2 heterocycles. The monoisotopic (exact) mass is 550 g/mol. The van der Waals surface area contributed by atoms with Gasteiger partial charge in [-0.25, -0.2) is 9.78 Å². The highest BCUT2D eigenvalue weighted by atomic mass is 35.5. The summed E-state index contributed by atoms with van der Waals surface area (Å²) >= 11 is 6.01. The van der Waals surface area contributed by atoms with Crippen molar-refractivity contribution in [2.24, 2.45) is 0 Å². The van der Waals surface area contributed by atoms with E-state index in [0.29, 0.717) is 17.0 Å². The molecule has 2 amide bonds. The lowest BCUT2D eigenvalue weighted by Crippen LogP contribution is -2.51. The van der Waals surface area contributed by atoms with Gasteiger partial charge in [-0.05, 0) is 43.5 Å². The quantitative estimate of drug-likeness (QED) is 0.306. The summed E-state index contributed by atoms with van der Waals surface area (Å²) in [5.74, 6) is 0.467. The zero-order valence-corrected chi connectivity index (χ0v) is 20.9. The summed E-state index contributed by atoms with van der Waals surface area (Å²) in [7, 11) is 1.49. The van der Waals surface area contributed by atoms with Gasteiger partial charge in [-0.1, -0.05) is 29.8 Å². The molecule has 1 N–H and O–H groups in total. The van der Waals surface area contributed by atoms with Crippen molar-refractivity contribution in [2.45, 2.75) is 51.1 Å². The van der Waals surface area contributed by atoms with E-state index in [1.807, 2.05) is 6.07 Å². The first-order valence-electron chi connectivity index (χ1n) is 11.3. The van der Waals surface area contributed by atoms with Crippen LogP contribution in [-0.2, 0) is 0 Å². The van der Waals surface area contributed by atoms with Gasteiger partial charge in [0.1, 0.15) is 11.2 Å². The van der Waals surface area contributed by atoms with Gasteiger partial charge in [0.2, 0.25) is 0 Å². The number of methoxy groups -OCH3 is 1. The summed E-state index contributed by atoms with van der Waals surface area (Å²) in [5.41, 5.74) is 2.57. The van der Waals surface area contributed by atoms with Gasteiger partial charge in [0.05, 0.1) is 13.2 Å². The van der Waals surface area contributed by atoms with Crippen LogP contribution in [-0.4, -0.2) is 52.4 Å². The number of urea groups is 1. The normalized spacial score (nSPS) is 13.9. The van der Waals surface area contributed by atoms with E-state index in [1.54, 1.807) is 60.2 Å². The Kier molecular flexibility index (Phi) is 8.51. The molecule has 3 rings (SSSR count). The van der Waals surface area contributed by atoms with Crippen molar-refractivity contribution >= 4 is 23.3 Å². The minimum Gasteiger partial charge on any atom is -0.493 e. The number of halogens is 7. The average Bonchev–Trinajstić information content (AvgIpc) is 3.20. The van der Waals surface area contributed by atoms with Crippen molar-refractivity contribution < 1.29 is 35.9 Å². The maximum Gasteiger partial charge on any atom is 0.408 e. The van der Waals surface area contributed by atoms with Gasteiger partial charge in [-0.15, -0.1) is 0 Å². The number of hydrogen-bond donors (Lipinski definition) is 1. The molecule has 0 unspecified atom stereocenters. The third kappa shape index (κ3) is 7.00.